The number of amides is 1. The Morgan fingerprint density at radius 2 is 1.94 bits per heavy atom. The van der Waals surface area contributed by atoms with E-state index in [2.05, 4.69) is 28.6 Å². The van der Waals surface area contributed by atoms with Crippen LogP contribution in [0.5, 0.6) is 0 Å². The van der Waals surface area contributed by atoms with Gasteiger partial charge in [0, 0.05) is 48.8 Å². The van der Waals surface area contributed by atoms with Crippen molar-refractivity contribution in [1.82, 2.24) is 19.4 Å². The van der Waals surface area contributed by atoms with E-state index < -0.39 is 0 Å². The first-order chi connectivity index (χ1) is 15.1. The van der Waals surface area contributed by atoms with E-state index in [9.17, 15) is 4.79 Å². The Hall–Kier alpha value is -2.14. The number of hydrogen-bond acceptors (Lipinski definition) is 3. The van der Waals surface area contributed by atoms with Crippen molar-refractivity contribution in [3.05, 3.63) is 48.5 Å². The molecule has 2 aromatic rings. The quantitative estimate of drug-likeness (QED) is 0.709. The van der Waals surface area contributed by atoms with Crippen molar-refractivity contribution in [3.63, 3.8) is 0 Å². The first-order valence-corrected chi connectivity index (χ1v) is 12.2. The summed E-state index contributed by atoms with van der Waals surface area (Å²) in [5.74, 6) is 2.22. The molecule has 0 aliphatic carbocycles. The van der Waals surface area contributed by atoms with E-state index in [0.717, 1.165) is 30.3 Å². The number of imidazole rings is 1. The molecule has 1 aromatic heterocycles. The predicted molar refractivity (Wildman–Crippen MR) is 123 cm³/mol. The number of aromatic nitrogens is 2. The lowest BCUT2D eigenvalue weighted by molar-refractivity contribution is -0.0681. The van der Waals surface area contributed by atoms with Crippen LogP contribution >= 0.6 is 0 Å². The standard InChI is InChI=1S/C26H36N4O/c1-19(2)6-11-25-22-15-21(24-5-3-4-13-30(24)25)16-29(17-22)26(31)20-7-9-23(10-8-20)28-14-12-27-18-28/h7-10,12,14,18-19,21-22,24-25H,3-6,11,13,15-17H2,1-2H3/t21-,22+,24+,25+/m1/s1. The van der Waals surface area contributed by atoms with Gasteiger partial charge in [0.25, 0.3) is 5.91 Å². The van der Waals surface area contributed by atoms with Crippen molar-refractivity contribution in [2.45, 2.75) is 64.5 Å². The third-order valence-electron chi connectivity index (χ3n) is 7.87. The number of likely N-dealkylation sites (tertiary alicyclic amines) is 1. The molecule has 5 nitrogen and oxygen atoms in total. The van der Waals surface area contributed by atoms with Gasteiger partial charge in [-0.15, -0.1) is 0 Å². The SMILES string of the molecule is CC(C)CC[C@H]1[C@H]2C[C@H](CN(C(=O)c3ccc(-n4ccnc4)cc3)C2)[C@@H]2CCCCN21. The number of nitrogens with zero attached hydrogens (tertiary/aromatic N) is 4. The maximum absolute atomic E-state index is 13.5. The van der Waals surface area contributed by atoms with Gasteiger partial charge >= 0.3 is 0 Å². The van der Waals surface area contributed by atoms with Gasteiger partial charge in [-0.1, -0.05) is 20.3 Å². The summed E-state index contributed by atoms with van der Waals surface area (Å²) in [7, 11) is 0. The summed E-state index contributed by atoms with van der Waals surface area (Å²) in [5.41, 5.74) is 1.85. The molecule has 3 saturated heterocycles. The van der Waals surface area contributed by atoms with E-state index >= 15 is 0 Å². The van der Waals surface area contributed by atoms with Crippen molar-refractivity contribution >= 4 is 5.91 Å². The summed E-state index contributed by atoms with van der Waals surface area (Å²) < 4.78 is 1.97. The average Bonchev–Trinajstić information content (AvgIpc) is 3.33. The molecule has 0 N–H and O–H groups in total. The largest absolute Gasteiger partial charge is 0.338 e. The molecular weight excluding hydrogens is 384 g/mol. The van der Waals surface area contributed by atoms with Crippen LogP contribution < -0.4 is 0 Å². The minimum absolute atomic E-state index is 0.207. The van der Waals surface area contributed by atoms with Crippen molar-refractivity contribution in [2.24, 2.45) is 17.8 Å². The fourth-order valence-electron chi connectivity index (χ4n) is 6.35. The Morgan fingerprint density at radius 1 is 1.13 bits per heavy atom. The fourth-order valence-corrected chi connectivity index (χ4v) is 6.35. The maximum Gasteiger partial charge on any atom is 0.253 e. The summed E-state index contributed by atoms with van der Waals surface area (Å²) >= 11 is 0. The summed E-state index contributed by atoms with van der Waals surface area (Å²) in [6.45, 7) is 7.79. The Labute approximate surface area is 186 Å². The Morgan fingerprint density at radius 3 is 2.68 bits per heavy atom. The lowest BCUT2D eigenvalue weighted by Gasteiger charge is -2.57. The molecule has 3 aliphatic rings. The summed E-state index contributed by atoms with van der Waals surface area (Å²) in [6.07, 6.45) is 13.4. The molecule has 3 fully saturated rings. The van der Waals surface area contributed by atoms with Crippen LogP contribution in [0.25, 0.3) is 5.69 Å². The van der Waals surface area contributed by atoms with Gasteiger partial charge in [-0.2, -0.15) is 0 Å². The zero-order valence-electron chi connectivity index (χ0n) is 19.0. The molecule has 3 aliphatic heterocycles. The minimum Gasteiger partial charge on any atom is -0.338 e. The monoisotopic (exact) mass is 420 g/mol. The topological polar surface area (TPSA) is 41.4 Å². The minimum atomic E-state index is 0.207. The van der Waals surface area contributed by atoms with Gasteiger partial charge in [-0.3, -0.25) is 9.69 Å². The van der Waals surface area contributed by atoms with Crippen molar-refractivity contribution in [3.8, 4) is 5.69 Å². The van der Waals surface area contributed by atoms with Crippen LogP contribution in [0.15, 0.2) is 43.0 Å². The lowest BCUT2D eigenvalue weighted by atomic mass is 9.71. The highest BCUT2D eigenvalue weighted by Gasteiger charge is 2.47. The number of fused-ring (bicyclic) bond motifs is 4. The molecule has 31 heavy (non-hydrogen) atoms. The van der Waals surface area contributed by atoms with Crippen molar-refractivity contribution < 1.29 is 4.79 Å². The summed E-state index contributed by atoms with van der Waals surface area (Å²) in [6, 6.07) is 9.34. The van der Waals surface area contributed by atoms with E-state index in [1.807, 2.05) is 35.0 Å². The Bertz CT molecular complexity index is 875. The Kier molecular flexibility index (Phi) is 5.87. The van der Waals surface area contributed by atoms with Crippen LogP contribution in [0.1, 0.15) is 62.7 Å². The molecule has 166 valence electrons. The van der Waals surface area contributed by atoms with E-state index in [1.54, 1.807) is 12.5 Å². The van der Waals surface area contributed by atoms with Crippen LogP contribution in [0.3, 0.4) is 0 Å². The second-order valence-electron chi connectivity index (χ2n) is 10.3. The van der Waals surface area contributed by atoms with E-state index in [0.29, 0.717) is 23.9 Å². The normalized spacial score (nSPS) is 28.5. The first kappa shape index (κ1) is 20.7. The highest BCUT2D eigenvalue weighted by Crippen LogP contribution is 2.43. The molecule has 0 unspecified atom stereocenters. The fraction of sp³-hybridized carbons (Fsp3) is 0.615. The predicted octanol–water partition coefficient (Wildman–Crippen LogP) is 4.62. The van der Waals surface area contributed by atoms with Crippen LogP contribution in [-0.4, -0.2) is 57.0 Å². The third kappa shape index (κ3) is 4.17. The average molecular weight is 421 g/mol. The molecule has 5 heteroatoms. The number of hydrogen-bond donors (Lipinski definition) is 0. The molecule has 2 bridgehead atoms. The maximum atomic E-state index is 13.5. The summed E-state index contributed by atoms with van der Waals surface area (Å²) in [4.78, 5) is 22.6. The molecule has 0 radical (unpaired) electrons. The van der Waals surface area contributed by atoms with Gasteiger partial charge in [0.15, 0.2) is 0 Å². The smallest absolute Gasteiger partial charge is 0.253 e. The van der Waals surface area contributed by atoms with Gasteiger partial charge < -0.3 is 9.47 Å². The molecular formula is C26H36N4O. The zero-order chi connectivity index (χ0) is 21.4. The molecule has 0 spiro atoms. The van der Waals surface area contributed by atoms with Crippen LogP contribution in [0, 0.1) is 17.8 Å². The second kappa shape index (κ2) is 8.78. The summed E-state index contributed by atoms with van der Waals surface area (Å²) in [5, 5.41) is 0. The number of piperidine rings is 3. The highest BCUT2D eigenvalue weighted by molar-refractivity contribution is 5.94. The van der Waals surface area contributed by atoms with Gasteiger partial charge in [0.05, 0.1) is 6.33 Å². The van der Waals surface area contributed by atoms with E-state index in [-0.39, 0.29) is 5.91 Å². The van der Waals surface area contributed by atoms with Gasteiger partial charge in [0.1, 0.15) is 0 Å². The van der Waals surface area contributed by atoms with E-state index in [1.165, 1.54) is 45.1 Å². The molecule has 0 saturated carbocycles. The molecule has 5 rings (SSSR count). The lowest BCUT2D eigenvalue weighted by Crippen LogP contribution is -2.64. The zero-order valence-corrected chi connectivity index (χ0v) is 19.0. The van der Waals surface area contributed by atoms with Crippen molar-refractivity contribution in [1.29, 1.82) is 0 Å². The third-order valence-corrected chi connectivity index (χ3v) is 7.87. The molecule has 1 aromatic carbocycles. The highest BCUT2D eigenvalue weighted by atomic mass is 16.2. The van der Waals surface area contributed by atoms with Crippen LogP contribution in [-0.2, 0) is 0 Å². The Balaban J connectivity index is 1.33. The van der Waals surface area contributed by atoms with E-state index in [4.69, 9.17) is 0 Å². The van der Waals surface area contributed by atoms with Crippen molar-refractivity contribution in [2.75, 3.05) is 19.6 Å². The second-order valence-corrected chi connectivity index (χ2v) is 10.3. The van der Waals surface area contributed by atoms with Crippen LogP contribution in [0.2, 0.25) is 0 Å². The molecule has 4 heterocycles. The number of carbonyl (C=O) groups excluding carboxylic acids is 1. The van der Waals surface area contributed by atoms with Crippen LogP contribution in [0.4, 0.5) is 0 Å². The number of benzene rings is 1. The van der Waals surface area contributed by atoms with Gasteiger partial charge in [-0.05, 0) is 80.7 Å². The molecule has 1 amide bonds. The molecule has 4 atom stereocenters. The number of rotatable bonds is 5. The van der Waals surface area contributed by atoms with Gasteiger partial charge in [-0.25, -0.2) is 4.98 Å². The first-order valence-electron chi connectivity index (χ1n) is 12.2. The van der Waals surface area contributed by atoms with Gasteiger partial charge in [0.2, 0.25) is 0 Å². The number of carbonyl (C=O) groups is 1.